The van der Waals surface area contributed by atoms with Gasteiger partial charge in [-0.05, 0) is 45.4 Å². The molecule has 5 nitrogen and oxygen atoms in total. The quantitative estimate of drug-likeness (QED) is 0.682. The van der Waals surface area contributed by atoms with Crippen molar-refractivity contribution in [1.82, 2.24) is 9.44 Å². The lowest BCUT2D eigenvalue weighted by Gasteiger charge is -2.35. The van der Waals surface area contributed by atoms with Gasteiger partial charge in [0.25, 0.3) is 10.2 Å². The Balaban J connectivity index is 2.43. The molecule has 0 aromatic rings. The second-order valence-electron chi connectivity index (χ2n) is 5.67. The molecule has 0 aliphatic heterocycles. The van der Waals surface area contributed by atoms with Crippen molar-refractivity contribution in [2.24, 2.45) is 5.92 Å². The second-order valence-corrected chi connectivity index (χ2v) is 7.20. The van der Waals surface area contributed by atoms with Gasteiger partial charge in [-0.1, -0.05) is 13.3 Å². The molecule has 0 aromatic carbocycles. The third-order valence-corrected chi connectivity index (χ3v) is 4.90. The molecule has 0 radical (unpaired) electrons. The molecule has 6 heteroatoms. The fraction of sp³-hybridized carbons (Fsp3) is 1.00. The molecule has 0 saturated heterocycles. The van der Waals surface area contributed by atoms with Gasteiger partial charge in [0.2, 0.25) is 0 Å². The summed E-state index contributed by atoms with van der Waals surface area (Å²) < 4.78 is 28.1. The van der Waals surface area contributed by atoms with E-state index in [-0.39, 0.29) is 12.6 Å². The normalized spacial score (nSPS) is 29.7. The molecule has 0 bridgehead atoms. The van der Waals surface area contributed by atoms with Crippen LogP contribution >= 0.6 is 0 Å². The molecule has 1 rings (SSSR count). The lowest BCUT2D eigenvalue weighted by Crippen LogP contribution is -2.49. The van der Waals surface area contributed by atoms with Gasteiger partial charge < -0.3 is 5.11 Å². The molecule has 1 aliphatic carbocycles. The van der Waals surface area contributed by atoms with E-state index in [4.69, 9.17) is 0 Å². The smallest absolute Gasteiger partial charge is 0.277 e. The Kier molecular flexibility index (Phi) is 5.58. The van der Waals surface area contributed by atoms with Gasteiger partial charge in [-0.25, -0.2) is 0 Å². The average molecular weight is 278 g/mol. The maximum Gasteiger partial charge on any atom is 0.277 e. The van der Waals surface area contributed by atoms with Crippen molar-refractivity contribution >= 4 is 10.2 Å². The largest absolute Gasteiger partial charge is 0.389 e. The standard InChI is InChI=1S/C12H26N2O3S/c1-4-11-5-7-12(15,8-6-11)9-13-18(16,17)14-10(2)3/h10-11,13-15H,4-9H2,1-3H3. The Morgan fingerprint density at radius 1 is 1.33 bits per heavy atom. The monoisotopic (exact) mass is 278 g/mol. The van der Waals surface area contributed by atoms with E-state index >= 15 is 0 Å². The molecule has 1 saturated carbocycles. The Morgan fingerprint density at radius 2 is 1.89 bits per heavy atom. The van der Waals surface area contributed by atoms with E-state index in [1.807, 2.05) is 0 Å². The van der Waals surface area contributed by atoms with Gasteiger partial charge in [0, 0.05) is 12.6 Å². The zero-order chi connectivity index (χ0) is 13.8. The molecule has 1 aliphatic rings. The van der Waals surface area contributed by atoms with Gasteiger partial charge >= 0.3 is 0 Å². The average Bonchev–Trinajstić information content (AvgIpc) is 2.26. The maximum absolute atomic E-state index is 11.6. The molecule has 0 unspecified atom stereocenters. The van der Waals surface area contributed by atoms with Crippen LogP contribution in [0.25, 0.3) is 0 Å². The number of aliphatic hydroxyl groups is 1. The highest BCUT2D eigenvalue weighted by atomic mass is 32.2. The molecule has 0 amide bonds. The van der Waals surface area contributed by atoms with Gasteiger partial charge in [0.15, 0.2) is 0 Å². The van der Waals surface area contributed by atoms with E-state index in [1.165, 1.54) is 0 Å². The molecular formula is C12H26N2O3S. The molecule has 0 heterocycles. The molecule has 3 N–H and O–H groups in total. The minimum Gasteiger partial charge on any atom is -0.389 e. The fourth-order valence-corrected chi connectivity index (χ4v) is 3.54. The molecule has 0 spiro atoms. The van der Waals surface area contributed by atoms with Crippen LogP contribution in [0.1, 0.15) is 52.9 Å². The van der Waals surface area contributed by atoms with Crippen LogP contribution in [0.5, 0.6) is 0 Å². The van der Waals surface area contributed by atoms with Gasteiger partial charge in [0.1, 0.15) is 0 Å². The Labute approximate surface area is 111 Å². The van der Waals surface area contributed by atoms with Crippen LogP contribution in [0.3, 0.4) is 0 Å². The molecule has 0 atom stereocenters. The van der Waals surface area contributed by atoms with Crippen LogP contribution in [0.4, 0.5) is 0 Å². The maximum atomic E-state index is 11.6. The molecular weight excluding hydrogens is 252 g/mol. The lowest BCUT2D eigenvalue weighted by molar-refractivity contribution is -0.00450. The summed E-state index contributed by atoms with van der Waals surface area (Å²) in [4.78, 5) is 0. The zero-order valence-electron chi connectivity index (χ0n) is 11.6. The zero-order valence-corrected chi connectivity index (χ0v) is 12.4. The highest BCUT2D eigenvalue weighted by Gasteiger charge is 2.33. The first-order valence-electron chi connectivity index (χ1n) is 6.75. The van der Waals surface area contributed by atoms with Gasteiger partial charge in [-0.3, -0.25) is 0 Å². The topological polar surface area (TPSA) is 78.4 Å². The first kappa shape index (κ1) is 15.9. The van der Waals surface area contributed by atoms with Crippen LogP contribution in [0, 0.1) is 5.92 Å². The summed E-state index contributed by atoms with van der Waals surface area (Å²) >= 11 is 0. The summed E-state index contributed by atoms with van der Waals surface area (Å²) in [6.45, 7) is 5.79. The van der Waals surface area contributed by atoms with Crippen molar-refractivity contribution < 1.29 is 13.5 Å². The Hall–Kier alpha value is -0.170. The SMILES string of the molecule is CCC1CCC(O)(CNS(=O)(=O)NC(C)C)CC1. The summed E-state index contributed by atoms with van der Waals surface area (Å²) in [5, 5.41) is 10.3. The third-order valence-electron chi connectivity index (χ3n) is 3.60. The van der Waals surface area contributed by atoms with E-state index < -0.39 is 15.8 Å². The van der Waals surface area contributed by atoms with Gasteiger partial charge in [-0.2, -0.15) is 17.9 Å². The van der Waals surface area contributed by atoms with Crippen molar-refractivity contribution in [3.8, 4) is 0 Å². The minimum absolute atomic E-state index is 0.103. The minimum atomic E-state index is -3.50. The van der Waals surface area contributed by atoms with Crippen molar-refractivity contribution in [3.63, 3.8) is 0 Å². The third kappa shape index (κ3) is 5.22. The van der Waals surface area contributed by atoms with Crippen molar-refractivity contribution in [3.05, 3.63) is 0 Å². The highest BCUT2D eigenvalue weighted by molar-refractivity contribution is 7.87. The first-order chi connectivity index (χ1) is 8.26. The van der Waals surface area contributed by atoms with E-state index in [9.17, 15) is 13.5 Å². The second kappa shape index (κ2) is 6.32. The number of hydrogen-bond acceptors (Lipinski definition) is 3. The van der Waals surface area contributed by atoms with Crippen LogP contribution < -0.4 is 9.44 Å². The fourth-order valence-electron chi connectivity index (χ4n) is 2.38. The lowest BCUT2D eigenvalue weighted by atomic mass is 9.78. The Morgan fingerprint density at radius 3 is 2.33 bits per heavy atom. The van der Waals surface area contributed by atoms with Crippen molar-refractivity contribution in [2.75, 3.05) is 6.54 Å². The van der Waals surface area contributed by atoms with Crippen molar-refractivity contribution in [1.29, 1.82) is 0 Å². The van der Waals surface area contributed by atoms with Crippen LogP contribution in [0.2, 0.25) is 0 Å². The predicted octanol–water partition coefficient (Wildman–Crippen LogP) is 1.15. The number of nitrogens with one attached hydrogen (secondary N) is 2. The predicted molar refractivity (Wildman–Crippen MR) is 72.4 cm³/mol. The molecule has 1 fully saturated rings. The molecule has 0 aromatic heterocycles. The number of rotatable bonds is 6. The summed E-state index contributed by atoms with van der Waals surface area (Å²) in [5.41, 5.74) is -0.878. The van der Waals surface area contributed by atoms with E-state index in [2.05, 4.69) is 16.4 Å². The van der Waals surface area contributed by atoms with E-state index in [1.54, 1.807) is 13.8 Å². The van der Waals surface area contributed by atoms with Crippen LogP contribution in [-0.2, 0) is 10.2 Å². The Bertz CT molecular complexity index is 346. The van der Waals surface area contributed by atoms with Crippen LogP contribution in [0.15, 0.2) is 0 Å². The first-order valence-corrected chi connectivity index (χ1v) is 8.24. The highest BCUT2D eigenvalue weighted by Crippen LogP contribution is 2.33. The van der Waals surface area contributed by atoms with E-state index in [0.29, 0.717) is 18.8 Å². The van der Waals surface area contributed by atoms with Gasteiger partial charge in [-0.15, -0.1) is 0 Å². The van der Waals surface area contributed by atoms with E-state index in [0.717, 1.165) is 19.3 Å². The summed E-state index contributed by atoms with van der Waals surface area (Å²) in [6.07, 6.45) is 4.45. The number of hydrogen-bond donors (Lipinski definition) is 3. The van der Waals surface area contributed by atoms with Crippen molar-refractivity contribution in [2.45, 2.75) is 64.5 Å². The molecule has 18 heavy (non-hydrogen) atoms. The summed E-state index contributed by atoms with van der Waals surface area (Å²) in [6, 6.07) is -0.145. The summed E-state index contributed by atoms with van der Waals surface area (Å²) in [5.74, 6) is 0.677. The molecule has 108 valence electrons. The van der Waals surface area contributed by atoms with Crippen LogP contribution in [-0.4, -0.2) is 31.7 Å². The van der Waals surface area contributed by atoms with Gasteiger partial charge in [0.05, 0.1) is 5.60 Å². The summed E-state index contributed by atoms with van der Waals surface area (Å²) in [7, 11) is -3.50.